The van der Waals surface area contributed by atoms with Gasteiger partial charge < -0.3 is 10.3 Å². The maximum absolute atomic E-state index is 12.6. The van der Waals surface area contributed by atoms with Crippen LogP contribution in [0.2, 0.25) is 0 Å². The minimum atomic E-state index is -0.335. The average Bonchev–Trinajstić information content (AvgIpc) is 3.21. The minimum absolute atomic E-state index is 0.0568. The van der Waals surface area contributed by atoms with Gasteiger partial charge in [0.15, 0.2) is 0 Å². The second-order valence-electron chi connectivity index (χ2n) is 8.38. The molecule has 2 aromatic heterocycles. The third-order valence-electron chi connectivity index (χ3n) is 6.38. The molecule has 4 rings (SSSR count). The van der Waals surface area contributed by atoms with Crippen molar-refractivity contribution in [1.29, 1.82) is 0 Å². The van der Waals surface area contributed by atoms with Gasteiger partial charge >= 0.3 is 5.69 Å². The van der Waals surface area contributed by atoms with Crippen LogP contribution in [0.5, 0.6) is 0 Å². The normalized spacial score (nSPS) is 22.4. The molecule has 0 unspecified atom stereocenters. The maximum Gasteiger partial charge on any atom is 0.328 e. The van der Waals surface area contributed by atoms with E-state index in [1.165, 1.54) is 47.2 Å². The van der Waals surface area contributed by atoms with Crippen molar-refractivity contribution in [2.24, 2.45) is 11.8 Å². The summed E-state index contributed by atoms with van der Waals surface area (Å²) in [6, 6.07) is 1.77. The van der Waals surface area contributed by atoms with Crippen LogP contribution >= 0.6 is 11.3 Å². The first kappa shape index (κ1) is 20.1. The Labute approximate surface area is 174 Å². The van der Waals surface area contributed by atoms with Crippen LogP contribution in [0.4, 0.5) is 0 Å². The third-order valence-corrected chi connectivity index (χ3v) is 7.28. The van der Waals surface area contributed by atoms with Crippen LogP contribution in [0, 0.1) is 11.8 Å². The van der Waals surface area contributed by atoms with Crippen LogP contribution < -0.4 is 16.6 Å². The zero-order valence-electron chi connectivity index (χ0n) is 16.7. The van der Waals surface area contributed by atoms with Gasteiger partial charge in [-0.15, -0.1) is 11.3 Å². The molecule has 2 aliphatic carbocycles. The third kappa shape index (κ3) is 4.71. The molecule has 1 amide bonds. The number of carbonyl (C=O) groups excluding carboxylic acids is 1. The van der Waals surface area contributed by atoms with Crippen LogP contribution in [-0.4, -0.2) is 22.0 Å². The van der Waals surface area contributed by atoms with Crippen LogP contribution in [0.1, 0.15) is 57.8 Å². The van der Waals surface area contributed by atoms with Crippen molar-refractivity contribution in [2.75, 3.05) is 6.54 Å². The van der Waals surface area contributed by atoms with Crippen LogP contribution in [0.25, 0.3) is 10.2 Å². The van der Waals surface area contributed by atoms with Crippen molar-refractivity contribution < 1.29 is 4.79 Å². The molecule has 0 aliphatic heterocycles. The lowest BCUT2D eigenvalue weighted by Crippen LogP contribution is -2.38. The zero-order chi connectivity index (χ0) is 20.2. The number of rotatable bonds is 6. The molecule has 0 aromatic carbocycles. The number of H-pyrrole nitrogens is 1. The molecule has 2 aliphatic rings. The number of hydrogen-bond donors (Lipinski definition) is 2. The average molecular weight is 416 g/mol. The topological polar surface area (TPSA) is 84.0 Å². The summed E-state index contributed by atoms with van der Waals surface area (Å²) < 4.78 is 1.94. The Morgan fingerprint density at radius 1 is 1.21 bits per heavy atom. The first-order valence-electron chi connectivity index (χ1n) is 10.8. The molecule has 0 bridgehead atoms. The van der Waals surface area contributed by atoms with E-state index in [9.17, 15) is 14.4 Å². The van der Waals surface area contributed by atoms with Gasteiger partial charge in [0.1, 0.15) is 4.70 Å². The highest BCUT2D eigenvalue weighted by Crippen LogP contribution is 2.30. The highest BCUT2D eigenvalue weighted by Gasteiger charge is 2.27. The molecule has 0 saturated heterocycles. The van der Waals surface area contributed by atoms with Gasteiger partial charge in [-0.05, 0) is 75.2 Å². The highest BCUT2D eigenvalue weighted by molar-refractivity contribution is 7.17. The number of aromatic amines is 1. The molecule has 0 atom stereocenters. The second-order valence-corrected chi connectivity index (χ2v) is 9.29. The Morgan fingerprint density at radius 2 is 2.03 bits per heavy atom. The summed E-state index contributed by atoms with van der Waals surface area (Å²) in [6.45, 7) is 1.17. The van der Waals surface area contributed by atoms with E-state index in [-0.39, 0.29) is 29.0 Å². The van der Waals surface area contributed by atoms with Gasteiger partial charge in [-0.25, -0.2) is 4.79 Å². The van der Waals surface area contributed by atoms with E-state index in [0.29, 0.717) is 16.8 Å². The zero-order valence-corrected chi connectivity index (χ0v) is 17.6. The standard InChI is InChI=1S/C22H29N3O3S/c26-20(23-12-10-15-4-2-1-3-5-15)17-8-6-16(7-9-17)14-25-21(27)19-18(11-13-29-19)24-22(25)28/h4,11,13,16-17H,1-3,5-10,12,14H2,(H,23,26)(H,24,28). The number of nitrogens with zero attached hydrogens (tertiary/aromatic N) is 1. The van der Waals surface area contributed by atoms with Gasteiger partial charge in [-0.2, -0.15) is 0 Å². The summed E-state index contributed by atoms with van der Waals surface area (Å²) in [5, 5.41) is 4.93. The second kappa shape index (κ2) is 9.11. The lowest BCUT2D eigenvalue weighted by molar-refractivity contribution is -0.126. The van der Waals surface area contributed by atoms with E-state index in [2.05, 4.69) is 16.4 Å². The molecule has 156 valence electrons. The van der Waals surface area contributed by atoms with Crippen LogP contribution in [-0.2, 0) is 11.3 Å². The lowest BCUT2D eigenvalue weighted by atomic mass is 9.81. The summed E-state index contributed by atoms with van der Waals surface area (Å²) in [5.41, 5.74) is 1.57. The summed E-state index contributed by atoms with van der Waals surface area (Å²) >= 11 is 1.36. The molecule has 6 nitrogen and oxygen atoms in total. The fourth-order valence-corrected chi connectivity index (χ4v) is 5.42. The van der Waals surface area contributed by atoms with Crippen molar-refractivity contribution in [3.05, 3.63) is 43.9 Å². The number of allylic oxidation sites excluding steroid dienone is 1. The quantitative estimate of drug-likeness (QED) is 0.708. The summed E-state index contributed by atoms with van der Waals surface area (Å²) in [4.78, 5) is 40.2. The summed E-state index contributed by atoms with van der Waals surface area (Å²) in [5.74, 6) is 0.485. The fourth-order valence-electron chi connectivity index (χ4n) is 4.62. The minimum Gasteiger partial charge on any atom is -0.356 e. The number of carbonyl (C=O) groups is 1. The van der Waals surface area contributed by atoms with Crippen molar-refractivity contribution >= 4 is 27.5 Å². The maximum atomic E-state index is 12.6. The molecule has 0 radical (unpaired) electrons. The van der Waals surface area contributed by atoms with Gasteiger partial charge in [-0.3, -0.25) is 14.2 Å². The molecule has 29 heavy (non-hydrogen) atoms. The summed E-state index contributed by atoms with van der Waals surface area (Å²) in [6.07, 6.45) is 11.6. The van der Waals surface area contributed by atoms with E-state index < -0.39 is 0 Å². The number of amides is 1. The Bertz CT molecular complexity index is 1010. The number of thiophene rings is 1. The largest absolute Gasteiger partial charge is 0.356 e. The van der Waals surface area contributed by atoms with Crippen molar-refractivity contribution in [2.45, 2.75) is 64.3 Å². The van der Waals surface area contributed by atoms with E-state index in [1.807, 2.05) is 5.38 Å². The van der Waals surface area contributed by atoms with Crippen molar-refractivity contribution in [3.63, 3.8) is 0 Å². The van der Waals surface area contributed by atoms with Gasteiger partial charge in [0.05, 0.1) is 5.52 Å². The molecule has 0 spiro atoms. The number of fused-ring (bicyclic) bond motifs is 1. The van der Waals surface area contributed by atoms with Crippen molar-refractivity contribution in [3.8, 4) is 0 Å². The Kier molecular flexibility index (Phi) is 6.33. The number of hydrogen-bond acceptors (Lipinski definition) is 4. The monoisotopic (exact) mass is 415 g/mol. The van der Waals surface area contributed by atoms with Crippen LogP contribution in [0.3, 0.4) is 0 Å². The first-order chi connectivity index (χ1) is 14.1. The number of aromatic nitrogens is 2. The number of nitrogens with one attached hydrogen (secondary N) is 2. The molecule has 2 aromatic rings. The van der Waals surface area contributed by atoms with Crippen LogP contribution in [0.15, 0.2) is 32.7 Å². The Hall–Kier alpha value is -2.15. The van der Waals surface area contributed by atoms with Gasteiger partial charge in [-0.1, -0.05) is 11.6 Å². The molecule has 1 saturated carbocycles. The highest BCUT2D eigenvalue weighted by atomic mass is 32.1. The molecule has 2 heterocycles. The SMILES string of the molecule is O=C(NCCC1=CCCCC1)C1CCC(Cn2c(=O)[nH]c3ccsc3c2=O)CC1. The van der Waals surface area contributed by atoms with Gasteiger partial charge in [0.25, 0.3) is 5.56 Å². The first-order valence-corrected chi connectivity index (χ1v) is 11.7. The van der Waals surface area contributed by atoms with E-state index in [1.54, 1.807) is 6.07 Å². The predicted molar refractivity (Wildman–Crippen MR) is 116 cm³/mol. The Morgan fingerprint density at radius 3 is 2.79 bits per heavy atom. The van der Waals surface area contributed by atoms with E-state index in [4.69, 9.17) is 0 Å². The molecular formula is C22H29N3O3S. The van der Waals surface area contributed by atoms with E-state index in [0.717, 1.165) is 38.6 Å². The summed E-state index contributed by atoms with van der Waals surface area (Å²) in [7, 11) is 0. The van der Waals surface area contributed by atoms with Gasteiger partial charge in [0, 0.05) is 19.0 Å². The van der Waals surface area contributed by atoms with E-state index >= 15 is 0 Å². The molecule has 1 fully saturated rings. The Balaban J connectivity index is 1.27. The molecular weight excluding hydrogens is 386 g/mol. The predicted octanol–water partition coefficient (Wildman–Crippen LogP) is 3.56. The smallest absolute Gasteiger partial charge is 0.328 e. The molecule has 2 N–H and O–H groups in total. The van der Waals surface area contributed by atoms with Gasteiger partial charge in [0.2, 0.25) is 5.91 Å². The molecule has 7 heteroatoms. The van der Waals surface area contributed by atoms with Crippen molar-refractivity contribution in [1.82, 2.24) is 14.9 Å². The fraction of sp³-hybridized carbons (Fsp3) is 0.591. The lowest BCUT2D eigenvalue weighted by Gasteiger charge is -2.28.